The molecule has 1 atom stereocenters. The molecule has 6 heteroatoms. The average molecular weight is 232 g/mol. The van der Waals surface area contributed by atoms with Crippen LogP contribution in [0.3, 0.4) is 0 Å². The molecule has 17 heavy (non-hydrogen) atoms. The summed E-state index contributed by atoms with van der Waals surface area (Å²) in [6.07, 6.45) is 3.88. The standard InChI is InChI=1S/C11H12N4O2/c1-8(16)11(17)14-9-4-2-5-12-10(9)15-7-3-6-13-15/h2-8,16H,1H3,(H,14,17). The van der Waals surface area contributed by atoms with Gasteiger partial charge in [-0.3, -0.25) is 4.79 Å². The number of aliphatic hydroxyl groups excluding tert-OH is 1. The van der Waals surface area contributed by atoms with Crippen LogP contribution in [0.2, 0.25) is 0 Å². The quantitative estimate of drug-likeness (QED) is 0.811. The van der Waals surface area contributed by atoms with Crippen LogP contribution in [0.15, 0.2) is 36.8 Å². The molecular formula is C11H12N4O2. The van der Waals surface area contributed by atoms with Crippen LogP contribution in [0, 0.1) is 0 Å². The first-order valence-corrected chi connectivity index (χ1v) is 5.12. The number of hydrogen-bond acceptors (Lipinski definition) is 4. The van der Waals surface area contributed by atoms with Crippen LogP contribution in [-0.2, 0) is 4.79 Å². The zero-order valence-electron chi connectivity index (χ0n) is 9.24. The number of aromatic nitrogens is 3. The Morgan fingerprint density at radius 2 is 2.29 bits per heavy atom. The fourth-order valence-electron chi connectivity index (χ4n) is 1.31. The molecule has 2 aromatic heterocycles. The Morgan fingerprint density at radius 1 is 1.47 bits per heavy atom. The number of carbonyl (C=O) groups is 1. The van der Waals surface area contributed by atoms with Gasteiger partial charge in [0.15, 0.2) is 5.82 Å². The molecule has 6 nitrogen and oxygen atoms in total. The van der Waals surface area contributed by atoms with Crippen molar-refractivity contribution in [3.63, 3.8) is 0 Å². The molecule has 0 aliphatic rings. The highest BCUT2D eigenvalue weighted by molar-refractivity contribution is 5.95. The van der Waals surface area contributed by atoms with Crippen molar-refractivity contribution >= 4 is 11.6 Å². The minimum atomic E-state index is -1.07. The molecule has 0 fully saturated rings. The number of rotatable bonds is 3. The largest absolute Gasteiger partial charge is 0.384 e. The summed E-state index contributed by atoms with van der Waals surface area (Å²) in [6.45, 7) is 1.40. The molecule has 2 heterocycles. The third-order valence-corrected chi connectivity index (χ3v) is 2.15. The molecule has 0 aliphatic carbocycles. The number of hydrogen-bond donors (Lipinski definition) is 2. The van der Waals surface area contributed by atoms with Crippen LogP contribution in [0.1, 0.15) is 6.92 Å². The molecule has 2 N–H and O–H groups in total. The normalized spacial score (nSPS) is 12.1. The van der Waals surface area contributed by atoms with Gasteiger partial charge in [0.1, 0.15) is 6.10 Å². The molecular weight excluding hydrogens is 220 g/mol. The van der Waals surface area contributed by atoms with Crippen LogP contribution in [0.25, 0.3) is 5.82 Å². The number of amides is 1. The van der Waals surface area contributed by atoms with Crippen LogP contribution in [-0.4, -0.2) is 31.9 Å². The Morgan fingerprint density at radius 3 is 2.94 bits per heavy atom. The predicted octanol–water partition coefficient (Wildman–Crippen LogP) is 0.587. The maximum absolute atomic E-state index is 11.4. The first-order chi connectivity index (χ1) is 8.18. The summed E-state index contributed by atoms with van der Waals surface area (Å²) >= 11 is 0. The average Bonchev–Trinajstić information content (AvgIpc) is 2.83. The Bertz CT molecular complexity index is 508. The Balaban J connectivity index is 2.32. The van der Waals surface area contributed by atoms with Gasteiger partial charge in [0.25, 0.3) is 5.91 Å². The number of nitrogens with zero attached hydrogens (tertiary/aromatic N) is 3. The molecule has 0 radical (unpaired) electrons. The first kappa shape index (κ1) is 11.3. The van der Waals surface area contributed by atoms with Gasteiger partial charge in [0.05, 0.1) is 5.69 Å². The molecule has 1 unspecified atom stereocenters. The van der Waals surface area contributed by atoms with Crippen molar-refractivity contribution in [3.05, 3.63) is 36.8 Å². The van der Waals surface area contributed by atoms with E-state index in [1.165, 1.54) is 11.6 Å². The molecule has 0 saturated carbocycles. The van der Waals surface area contributed by atoms with Crippen molar-refractivity contribution in [1.29, 1.82) is 0 Å². The molecule has 0 aromatic carbocycles. The zero-order valence-corrected chi connectivity index (χ0v) is 9.24. The van der Waals surface area contributed by atoms with Gasteiger partial charge in [-0.05, 0) is 25.1 Å². The van der Waals surface area contributed by atoms with Crippen LogP contribution in [0.4, 0.5) is 5.69 Å². The fraction of sp³-hybridized carbons (Fsp3) is 0.182. The zero-order chi connectivity index (χ0) is 12.3. The number of pyridine rings is 1. The molecule has 88 valence electrons. The maximum atomic E-state index is 11.4. The summed E-state index contributed by atoms with van der Waals surface area (Å²) in [6, 6.07) is 5.16. The SMILES string of the molecule is CC(O)C(=O)Nc1cccnc1-n1cccn1. The maximum Gasteiger partial charge on any atom is 0.253 e. The Kier molecular flexibility index (Phi) is 3.15. The van der Waals surface area contributed by atoms with E-state index in [9.17, 15) is 4.79 Å². The Hall–Kier alpha value is -2.21. The lowest BCUT2D eigenvalue weighted by molar-refractivity contribution is -0.123. The smallest absolute Gasteiger partial charge is 0.253 e. The van der Waals surface area contributed by atoms with E-state index in [1.807, 2.05) is 0 Å². The van der Waals surface area contributed by atoms with Crippen molar-refractivity contribution in [2.75, 3.05) is 5.32 Å². The van der Waals surface area contributed by atoms with E-state index in [0.717, 1.165) is 0 Å². The molecule has 2 aromatic rings. The molecule has 1 amide bonds. The van der Waals surface area contributed by atoms with E-state index in [2.05, 4.69) is 15.4 Å². The van der Waals surface area contributed by atoms with Crippen molar-refractivity contribution in [1.82, 2.24) is 14.8 Å². The van der Waals surface area contributed by atoms with Crippen molar-refractivity contribution in [2.24, 2.45) is 0 Å². The Labute approximate surface area is 97.9 Å². The van der Waals surface area contributed by atoms with Gasteiger partial charge < -0.3 is 10.4 Å². The summed E-state index contributed by atoms with van der Waals surface area (Å²) in [5.41, 5.74) is 0.502. The van der Waals surface area contributed by atoms with Crippen molar-refractivity contribution in [2.45, 2.75) is 13.0 Å². The third-order valence-electron chi connectivity index (χ3n) is 2.15. The monoisotopic (exact) mass is 232 g/mol. The molecule has 0 saturated heterocycles. The van der Waals surface area contributed by atoms with E-state index >= 15 is 0 Å². The van der Waals surface area contributed by atoms with E-state index in [1.54, 1.807) is 36.8 Å². The third kappa shape index (κ3) is 2.48. The molecule has 0 spiro atoms. The summed E-state index contributed by atoms with van der Waals surface area (Å²) in [5.74, 6) is 0.0258. The van der Waals surface area contributed by atoms with Crippen LogP contribution < -0.4 is 5.32 Å². The van der Waals surface area contributed by atoms with E-state index < -0.39 is 12.0 Å². The van der Waals surface area contributed by atoms with E-state index in [0.29, 0.717) is 11.5 Å². The van der Waals surface area contributed by atoms with Gasteiger partial charge in [-0.2, -0.15) is 5.10 Å². The van der Waals surface area contributed by atoms with Gasteiger partial charge in [-0.1, -0.05) is 0 Å². The lowest BCUT2D eigenvalue weighted by atomic mass is 10.3. The van der Waals surface area contributed by atoms with Crippen LogP contribution in [0.5, 0.6) is 0 Å². The summed E-state index contributed by atoms with van der Waals surface area (Å²) in [5, 5.41) is 15.8. The number of anilines is 1. The van der Waals surface area contributed by atoms with Crippen molar-refractivity contribution in [3.8, 4) is 5.82 Å². The highest BCUT2D eigenvalue weighted by Gasteiger charge is 2.12. The van der Waals surface area contributed by atoms with Gasteiger partial charge >= 0.3 is 0 Å². The second kappa shape index (κ2) is 4.75. The molecule has 2 rings (SSSR count). The summed E-state index contributed by atoms with van der Waals surface area (Å²) in [7, 11) is 0. The van der Waals surface area contributed by atoms with Crippen LogP contribution >= 0.6 is 0 Å². The lowest BCUT2D eigenvalue weighted by Crippen LogP contribution is -2.25. The minimum absolute atomic E-state index is 0.480. The topological polar surface area (TPSA) is 80.0 Å². The molecule has 0 aliphatic heterocycles. The first-order valence-electron chi connectivity index (χ1n) is 5.12. The van der Waals surface area contributed by atoms with Gasteiger partial charge in [0.2, 0.25) is 0 Å². The van der Waals surface area contributed by atoms with E-state index in [-0.39, 0.29) is 0 Å². The predicted molar refractivity (Wildman–Crippen MR) is 61.7 cm³/mol. The highest BCUT2D eigenvalue weighted by Crippen LogP contribution is 2.16. The number of nitrogens with one attached hydrogen (secondary N) is 1. The fourth-order valence-corrected chi connectivity index (χ4v) is 1.31. The highest BCUT2D eigenvalue weighted by atomic mass is 16.3. The van der Waals surface area contributed by atoms with Gasteiger partial charge in [-0.25, -0.2) is 9.67 Å². The molecule has 0 bridgehead atoms. The lowest BCUT2D eigenvalue weighted by Gasteiger charge is -2.10. The summed E-state index contributed by atoms with van der Waals surface area (Å²) in [4.78, 5) is 15.6. The van der Waals surface area contributed by atoms with Gasteiger partial charge in [-0.15, -0.1) is 0 Å². The van der Waals surface area contributed by atoms with Crippen molar-refractivity contribution < 1.29 is 9.90 Å². The second-order valence-electron chi connectivity index (χ2n) is 3.49. The second-order valence-corrected chi connectivity index (χ2v) is 3.49. The minimum Gasteiger partial charge on any atom is -0.384 e. The summed E-state index contributed by atoms with van der Waals surface area (Å²) < 4.78 is 1.54. The number of aliphatic hydroxyl groups is 1. The van der Waals surface area contributed by atoms with Gasteiger partial charge in [0, 0.05) is 18.6 Å². The number of carbonyl (C=O) groups excluding carboxylic acids is 1. The van der Waals surface area contributed by atoms with E-state index in [4.69, 9.17) is 5.11 Å².